The molecule has 3 aromatic carbocycles. The quantitative estimate of drug-likeness (QED) is 0.337. The van der Waals surface area contributed by atoms with Gasteiger partial charge >= 0.3 is 26.2 Å². The van der Waals surface area contributed by atoms with Gasteiger partial charge in [-0.25, -0.2) is 6.07 Å². The molecule has 0 fully saturated rings. The molecule has 3 aromatic rings. The van der Waals surface area contributed by atoms with E-state index in [-0.39, 0.29) is 51.0 Å². The zero-order valence-electron chi connectivity index (χ0n) is 12.5. The van der Waals surface area contributed by atoms with Crippen LogP contribution >= 0.6 is 0 Å². The van der Waals surface area contributed by atoms with Crippen LogP contribution in [-0.4, -0.2) is 0 Å². The minimum Gasteiger partial charge on any atom is -1.00 e. The van der Waals surface area contributed by atoms with Crippen molar-refractivity contribution < 1.29 is 51.0 Å². The Labute approximate surface area is 168 Å². The van der Waals surface area contributed by atoms with E-state index in [4.69, 9.17) is 0 Å². The van der Waals surface area contributed by atoms with Crippen LogP contribution in [0.15, 0.2) is 60.7 Å². The third kappa shape index (κ3) is 2.58. The van der Waals surface area contributed by atoms with Gasteiger partial charge in [-0.1, -0.05) is 61.4 Å². The van der Waals surface area contributed by atoms with Crippen LogP contribution in [-0.2, 0) is 39.0 Å². The Bertz CT molecular complexity index is 790. The Morgan fingerprint density at radius 1 is 0.739 bits per heavy atom. The number of rotatable bonds is 1. The Morgan fingerprint density at radius 3 is 1.78 bits per heavy atom. The Balaban J connectivity index is 0.000000640. The molecule has 1 radical (unpaired) electrons. The molecule has 0 atom stereocenters. The number of hydrogen-bond donors (Lipinski definition) is 0. The molecule has 0 nitrogen and oxygen atoms in total. The molecular formula is C20H15Cl2Zr. The number of benzene rings is 2. The van der Waals surface area contributed by atoms with Gasteiger partial charge in [-0.15, -0.1) is 0 Å². The predicted octanol–water partition coefficient (Wildman–Crippen LogP) is -1.33. The fourth-order valence-electron chi connectivity index (χ4n) is 3.96. The monoisotopic (exact) mass is 415 g/mol. The minimum absolute atomic E-state index is 0. The molecule has 0 amide bonds. The van der Waals surface area contributed by atoms with Crippen LogP contribution in [0.4, 0.5) is 0 Å². The minimum atomic E-state index is 0. The van der Waals surface area contributed by atoms with Crippen LogP contribution in [0.5, 0.6) is 0 Å². The van der Waals surface area contributed by atoms with Crippen molar-refractivity contribution in [2.24, 2.45) is 0 Å². The van der Waals surface area contributed by atoms with Crippen molar-refractivity contribution in [3.8, 4) is 11.1 Å². The van der Waals surface area contributed by atoms with E-state index in [1.165, 1.54) is 35.1 Å². The molecular weight excluding hydrogens is 402 g/mol. The number of fused-ring (bicyclic) bond motifs is 4. The summed E-state index contributed by atoms with van der Waals surface area (Å²) in [5.74, 6) is 0.450. The van der Waals surface area contributed by atoms with Crippen LogP contribution in [0.25, 0.3) is 11.1 Å². The van der Waals surface area contributed by atoms with Crippen LogP contribution in [0, 0.1) is 0 Å². The molecule has 0 aliphatic heterocycles. The Morgan fingerprint density at radius 2 is 1.30 bits per heavy atom. The molecule has 0 bridgehead atoms. The van der Waals surface area contributed by atoms with Gasteiger partial charge in [0.1, 0.15) is 0 Å². The maximum atomic E-state index is 2.36. The Hall–Kier alpha value is -0.747. The SMILES string of the molecule is [Cl-].[Cl-].[Zr+3].c1ccc2c(c1)-c1ccccc1C2c1cc[c-]2c1CC2. The molecule has 0 heterocycles. The third-order valence-corrected chi connectivity index (χ3v) is 4.99. The Kier molecular flexibility index (Phi) is 5.67. The summed E-state index contributed by atoms with van der Waals surface area (Å²) < 4.78 is 0. The van der Waals surface area contributed by atoms with Crippen molar-refractivity contribution in [2.45, 2.75) is 18.8 Å². The molecule has 3 heteroatoms. The molecule has 0 saturated carbocycles. The fraction of sp³-hybridized carbons (Fsp3) is 0.150. The second kappa shape index (κ2) is 7.01. The average Bonchev–Trinajstić information content (AvgIpc) is 2.93. The van der Waals surface area contributed by atoms with Crippen molar-refractivity contribution in [1.82, 2.24) is 0 Å². The maximum Gasteiger partial charge on any atom is 3.00 e. The topological polar surface area (TPSA) is 0 Å². The molecule has 5 rings (SSSR count). The van der Waals surface area contributed by atoms with E-state index in [9.17, 15) is 0 Å². The zero-order valence-corrected chi connectivity index (χ0v) is 16.5. The first-order valence-electron chi connectivity index (χ1n) is 7.39. The van der Waals surface area contributed by atoms with Gasteiger partial charge in [0.05, 0.1) is 0 Å². The van der Waals surface area contributed by atoms with E-state index in [2.05, 4.69) is 60.7 Å². The maximum absolute atomic E-state index is 2.36. The summed E-state index contributed by atoms with van der Waals surface area (Å²) in [5, 5.41) is 0. The summed E-state index contributed by atoms with van der Waals surface area (Å²) in [4.78, 5) is 0. The molecule has 0 spiro atoms. The van der Waals surface area contributed by atoms with E-state index in [1.54, 1.807) is 16.7 Å². The van der Waals surface area contributed by atoms with Gasteiger partial charge in [0.2, 0.25) is 0 Å². The van der Waals surface area contributed by atoms with Crippen LogP contribution in [0.2, 0.25) is 0 Å². The largest absolute Gasteiger partial charge is 3.00 e. The predicted molar refractivity (Wildman–Crippen MR) is 82.3 cm³/mol. The van der Waals surface area contributed by atoms with Gasteiger partial charge in [0.15, 0.2) is 0 Å². The normalized spacial score (nSPS) is 13.4. The van der Waals surface area contributed by atoms with Crippen molar-refractivity contribution in [3.63, 3.8) is 0 Å². The smallest absolute Gasteiger partial charge is 1.00 e. The summed E-state index contributed by atoms with van der Waals surface area (Å²) in [5.41, 5.74) is 10.5. The zero-order chi connectivity index (χ0) is 13.1. The summed E-state index contributed by atoms with van der Waals surface area (Å²) in [6.45, 7) is 0. The first-order chi connectivity index (χ1) is 9.93. The summed E-state index contributed by atoms with van der Waals surface area (Å²) in [7, 11) is 0. The third-order valence-electron chi connectivity index (χ3n) is 4.99. The first-order valence-corrected chi connectivity index (χ1v) is 7.39. The van der Waals surface area contributed by atoms with Gasteiger partial charge < -0.3 is 24.8 Å². The number of hydrogen-bond acceptors (Lipinski definition) is 0. The van der Waals surface area contributed by atoms with Crippen molar-refractivity contribution in [2.75, 3.05) is 0 Å². The summed E-state index contributed by atoms with van der Waals surface area (Å²) in [6, 6.07) is 22.5. The first kappa shape index (κ1) is 18.6. The second-order valence-corrected chi connectivity index (χ2v) is 5.90. The summed E-state index contributed by atoms with van der Waals surface area (Å²) in [6.07, 6.45) is 2.53. The number of aryl methyl sites for hydroxylation is 1. The molecule has 0 unspecified atom stereocenters. The molecule has 113 valence electrons. The van der Waals surface area contributed by atoms with Crippen LogP contribution in [0.1, 0.15) is 33.7 Å². The van der Waals surface area contributed by atoms with Gasteiger partial charge in [-0.3, -0.25) is 0 Å². The van der Waals surface area contributed by atoms with Crippen molar-refractivity contribution in [3.05, 3.63) is 88.5 Å². The average molecular weight is 417 g/mol. The molecule has 23 heavy (non-hydrogen) atoms. The molecule has 0 N–H and O–H groups in total. The molecule has 0 saturated heterocycles. The van der Waals surface area contributed by atoms with Crippen LogP contribution in [0.3, 0.4) is 0 Å². The van der Waals surface area contributed by atoms with Gasteiger partial charge in [0, 0.05) is 0 Å². The standard InChI is InChI=1S/C20H15.2ClH.Zr/c1-3-7-17-15(5-1)16-6-2-4-8-18(16)20(17)19-12-10-13-9-11-14(13)19;;;/h1-8,10,12,20H,9,11H2;2*1H;/q-1;;;+3/p-2. The fourth-order valence-corrected chi connectivity index (χ4v) is 3.96. The number of halogens is 2. The van der Waals surface area contributed by atoms with Crippen molar-refractivity contribution in [1.29, 1.82) is 0 Å². The molecule has 2 aliphatic rings. The van der Waals surface area contributed by atoms with E-state index in [0.29, 0.717) is 5.92 Å². The van der Waals surface area contributed by atoms with E-state index < -0.39 is 0 Å². The summed E-state index contributed by atoms with van der Waals surface area (Å²) >= 11 is 0. The van der Waals surface area contributed by atoms with Gasteiger partial charge in [-0.2, -0.15) is 22.8 Å². The molecule has 2 aliphatic carbocycles. The van der Waals surface area contributed by atoms with Gasteiger partial charge in [-0.05, 0) is 28.2 Å². The van der Waals surface area contributed by atoms with E-state index in [1.807, 2.05) is 0 Å². The van der Waals surface area contributed by atoms with E-state index in [0.717, 1.165) is 0 Å². The van der Waals surface area contributed by atoms with E-state index >= 15 is 0 Å². The van der Waals surface area contributed by atoms with Gasteiger partial charge in [0.25, 0.3) is 0 Å². The van der Waals surface area contributed by atoms with Crippen molar-refractivity contribution >= 4 is 0 Å². The molecule has 0 aromatic heterocycles. The second-order valence-electron chi connectivity index (χ2n) is 5.90. The van der Waals surface area contributed by atoms with Crippen LogP contribution < -0.4 is 24.8 Å².